The predicted molar refractivity (Wildman–Crippen MR) is 462 cm³/mol. The molecule has 2 unspecified atom stereocenters. The van der Waals surface area contributed by atoms with Gasteiger partial charge in [-0.05, 0) is 126 Å². The summed E-state index contributed by atoms with van der Waals surface area (Å²) in [5.41, 5.74) is 3.34. The third-order valence-corrected chi connectivity index (χ3v) is 28.1. The van der Waals surface area contributed by atoms with Crippen LogP contribution >= 0.6 is 0 Å². The molecule has 0 bridgehead atoms. The third-order valence-electron chi connectivity index (χ3n) is 20.9. The van der Waals surface area contributed by atoms with E-state index in [1.807, 2.05) is 0 Å². The number of hydrogen-bond donors (Lipinski definition) is 3. The number of hydrogen-bond acceptors (Lipinski definition) is 19. The van der Waals surface area contributed by atoms with Crippen LogP contribution < -0.4 is 23.7 Å². The quantitative estimate of drug-likeness (QED) is 0.0460. The minimum absolute atomic E-state index is 0. The van der Waals surface area contributed by atoms with Crippen LogP contribution in [0.5, 0.6) is 57.5 Å². The molecular formula is C90H75F9N10O16S5. The Morgan fingerprint density at radius 3 is 0.923 bits per heavy atom. The maximum atomic E-state index is 14.4. The van der Waals surface area contributed by atoms with Crippen LogP contribution in [-0.2, 0) is 81.1 Å². The molecule has 1 aromatic heterocycles. The Kier molecular flexibility index (Phi) is 30.4. The van der Waals surface area contributed by atoms with E-state index in [1.54, 1.807) is 20.8 Å². The van der Waals surface area contributed by atoms with Gasteiger partial charge >= 0.3 is 0 Å². The molecule has 12 atom stereocenters. The highest BCUT2D eigenvalue weighted by Gasteiger charge is 2.43. The number of halogens is 9. The Hall–Kier alpha value is -13.4. The van der Waals surface area contributed by atoms with Crippen molar-refractivity contribution in [1.29, 1.82) is 0 Å². The van der Waals surface area contributed by atoms with E-state index in [0.717, 1.165) is 67.3 Å². The third kappa shape index (κ3) is 21.8. The number of aliphatic hydroxyl groups excluding tert-OH is 3. The van der Waals surface area contributed by atoms with Crippen molar-refractivity contribution in [3.63, 3.8) is 0 Å². The van der Waals surface area contributed by atoms with Gasteiger partial charge in [0.25, 0.3) is 0 Å². The van der Waals surface area contributed by atoms with E-state index in [0.29, 0.717) is 38.5 Å². The number of aromatic nitrogens is 1. The van der Waals surface area contributed by atoms with Gasteiger partial charge in [0.1, 0.15) is 139 Å². The number of nitrogens with zero attached hydrogens (tertiary/aromatic N) is 10. The topological polar surface area (TPSA) is 312 Å². The first-order valence-corrected chi connectivity index (χ1v) is 47.4. The molecule has 0 radical (unpaired) electrons. The summed E-state index contributed by atoms with van der Waals surface area (Å²) in [6.45, 7) is 53.6. The zero-order chi connectivity index (χ0) is 94.4. The van der Waals surface area contributed by atoms with Crippen molar-refractivity contribution in [2.45, 2.75) is 146 Å². The predicted octanol–water partition coefficient (Wildman–Crippen LogP) is 21.7. The molecule has 0 amide bonds. The van der Waals surface area contributed by atoms with Crippen LogP contribution in [0.25, 0.3) is 34.1 Å². The molecule has 674 valence electrons. The summed E-state index contributed by atoms with van der Waals surface area (Å²) in [5.74, 6) is -2.01. The van der Waals surface area contributed by atoms with E-state index in [1.165, 1.54) is 110 Å². The molecule has 15 rings (SSSR count). The lowest BCUT2D eigenvalue weighted by molar-refractivity contribution is 0.0907. The fourth-order valence-electron chi connectivity index (χ4n) is 15.1. The average molecular weight is 1880 g/mol. The number of sulfone groups is 3. The van der Waals surface area contributed by atoms with Gasteiger partial charge in [-0.25, -0.2) is 97.4 Å². The molecule has 26 nitrogen and oxygen atoms in total. The minimum Gasteiger partial charge on any atom is -0.458 e. The van der Waals surface area contributed by atoms with Crippen LogP contribution in [0.3, 0.4) is 0 Å². The Labute approximate surface area is 744 Å². The molecule has 1 heterocycles. The summed E-state index contributed by atoms with van der Waals surface area (Å²) < 4.78 is 258. The molecular weight excluding hydrogens is 1810 g/mol. The fraction of sp³-hybridized carbons (Fsp3) is 0.267. The first-order chi connectivity index (χ1) is 60.8. The van der Waals surface area contributed by atoms with E-state index in [4.69, 9.17) is 69.7 Å². The SMILES string of the molecule is C.[C-]#[N+]N=S(=O)(CC)c1ccc(Oc2cc(F)cc([N+]#[C-])c2)c2c1[C@H](O)[C@H](F)C2.[C-]#[N+]N=S(C)(=O)c1ccc(Oc2cc(F)cc([N+]#[C-])c2)c2c1[C@H](C)[C@H](F)C2.[C-]#[N+]c1cc(F)cc(Oc2ccc(S(C)(=O)=O)c3c2C[C@@H](F)[C@H]3C)c1.[C-]#[N+]c1cc(F)cc(Oc2ccc(S(C)(=O)=O)c3c2C[C@@H](F)[C@H]3O)c1.[C-]#[N+]c1cncc(Oc2ccc(S(C)(=O)=O)c3c2C[C@@H](F)[C@H]3O)c1. The van der Waals surface area contributed by atoms with E-state index in [2.05, 4.69) is 48.1 Å². The Balaban J connectivity index is 0.000000169. The summed E-state index contributed by atoms with van der Waals surface area (Å²) in [6.07, 6.45) is -5.26. The largest absolute Gasteiger partial charge is 0.458 e. The highest BCUT2D eigenvalue weighted by molar-refractivity contribution is 7.94. The lowest BCUT2D eigenvalue weighted by atomic mass is 10.0. The van der Waals surface area contributed by atoms with Gasteiger partial charge in [0, 0.05) is 150 Å². The van der Waals surface area contributed by atoms with Crippen LogP contribution in [0.4, 0.5) is 68.0 Å². The number of rotatable bonds is 16. The zero-order valence-electron chi connectivity index (χ0n) is 68.5. The van der Waals surface area contributed by atoms with Crippen molar-refractivity contribution in [3.05, 3.63) is 311 Å². The van der Waals surface area contributed by atoms with E-state index >= 15 is 0 Å². The molecule has 0 saturated carbocycles. The first kappa shape index (κ1) is 98.7. The average Bonchev–Trinajstić information content (AvgIpc) is 1.55. The molecule has 0 saturated heterocycles. The summed E-state index contributed by atoms with van der Waals surface area (Å²) in [6, 6.07) is 29.5. The van der Waals surface area contributed by atoms with Crippen molar-refractivity contribution in [3.8, 4) is 57.5 Å². The summed E-state index contributed by atoms with van der Waals surface area (Å²) in [4.78, 5) is 25.7. The summed E-state index contributed by atoms with van der Waals surface area (Å²) >= 11 is 0. The monoisotopic (exact) mass is 1880 g/mol. The van der Waals surface area contributed by atoms with Crippen molar-refractivity contribution in [2.24, 2.45) is 8.94 Å². The van der Waals surface area contributed by atoms with Crippen LogP contribution in [0, 0.1) is 69.3 Å². The number of aliphatic hydroxyl groups is 3. The van der Waals surface area contributed by atoms with Crippen LogP contribution in [0.15, 0.2) is 185 Å². The van der Waals surface area contributed by atoms with Crippen LogP contribution in [0.1, 0.15) is 114 Å². The molecule has 0 fully saturated rings. The summed E-state index contributed by atoms with van der Waals surface area (Å²) in [5, 5.41) is 30.3. The first-order valence-electron chi connectivity index (χ1n) is 38.1. The Bertz CT molecular complexity index is 7010. The van der Waals surface area contributed by atoms with Gasteiger partial charge in [-0.3, -0.25) is 4.98 Å². The van der Waals surface area contributed by atoms with E-state index < -0.39 is 133 Å². The molecule has 40 heteroatoms. The molecule has 5 aliphatic rings. The van der Waals surface area contributed by atoms with E-state index in [9.17, 15) is 88.5 Å². The Morgan fingerprint density at radius 2 is 0.623 bits per heavy atom. The van der Waals surface area contributed by atoms with Gasteiger partial charge in [0.2, 0.25) is 5.69 Å². The zero-order valence-corrected chi connectivity index (χ0v) is 72.6. The molecule has 5 aliphatic carbocycles. The fourth-order valence-corrected chi connectivity index (χ4v) is 20.8. The normalized spacial score (nSPS) is 19.5. The second kappa shape index (κ2) is 40.1. The van der Waals surface area contributed by atoms with Crippen LogP contribution in [-0.4, -0.2) is 116 Å². The van der Waals surface area contributed by atoms with Crippen molar-refractivity contribution < 1.29 is 112 Å². The van der Waals surface area contributed by atoms with Gasteiger partial charge < -0.3 is 39.0 Å². The molecule has 10 aromatic rings. The second-order valence-electron chi connectivity index (χ2n) is 29.7. The molecule has 0 spiro atoms. The minimum atomic E-state index is -3.67. The number of alkyl halides is 5. The molecule has 0 aliphatic heterocycles. The molecule has 3 N–H and O–H groups in total. The van der Waals surface area contributed by atoms with Crippen molar-refractivity contribution in [1.82, 2.24) is 4.98 Å². The Morgan fingerprint density at radius 1 is 0.362 bits per heavy atom. The lowest BCUT2D eigenvalue weighted by Crippen LogP contribution is -2.12. The number of ether oxygens (including phenoxy) is 5. The second-order valence-corrected chi connectivity index (χ2v) is 40.3. The maximum absolute atomic E-state index is 14.4. The highest BCUT2D eigenvalue weighted by atomic mass is 32.2. The number of fused-ring (bicyclic) bond motifs is 5. The van der Waals surface area contributed by atoms with Gasteiger partial charge in [-0.15, -0.1) is 9.91 Å². The number of benzene rings is 9. The van der Waals surface area contributed by atoms with Crippen molar-refractivity contribution in [2.75, 3.05) is 30.8 Å². The number of pyridine rings is 1. The highest BCUT2D eigenvalue weighted by Crippen LogP contribution is 2.51. The smallest absolute Gasteiger partial charge is 0.208 e. The van der Waals surface area contributed by atoms with Gasteiger partial charge in [0.15, 0.2) is 71.7 Å². The van der Waals surface area contributed by atoms with E-state index in [-0.39, 0.29) is 173 Å². The molecule has 9 aromatic carbocycles. The summed E-state index contributed by atoms with van der Waals surface area (Å²) in [7, 11) is -17.0. The van der Waals surface area contributed by atoms with Crippen molar-refractivity contribution >= 4 is 77.4 Å². The van der Waals surface area contributed by atoms with Gasteiger partial charge in [-0.2, -0.15) is 13.1 Å². The van der Waals surface area contributed by atoms with Gasteiger partial charge in [-0.1, -0.05) is 28.2 Å². The van der Waals surface area contributed by atoms with Gasteiger partial charge in [0.05, 0.1) is 63.5 Å². The lowest BCUT2D eigenvalue weighted by Gasteiger charge is -2.16. The van der Waals surface area contributed by atoms with Crippen LogP contribution in [0.2, 0.25) is 0 Å². The maximum Gasteiger partial charge on any atom is 0.208 e. The standard InChI is InChI=1S/C19H15F2N3O3S.C19H15F2N3O2S.C18H15F2NO3S.C17H13F2NO4S.C16H13FN2O4S.CH4/c1-4-28(26,24-23-3)17-6-5-16(14-10-15(21)19(25)18(14)17)27-13-8-11(20)7-12(9-13)22-2;1-11-16(21)10-15-17(26-14-8-12(20)7-13(9-14)22-2)5-6-18(19(11)15)27(4,25)24-23-3;1-10-15(20)9-14-16(4-5-17(18(10)14)25(3,22)23)24-13-7-11(19)6-12(8-13)21-2;1-20-10-5-9(18)6-11(7-10)24-14-3-4-15(25(2,22)23)16-12(14)8-13(19)17(16)21;1-18-9-5-10(8-19-7-9)23-13-3-4-14(24(2,21)22)15-11(13)6-12(17)16(15)20;/h5-9,15,19,25H,4,10H2,1H3;5-9,11,16H,10H2,1,4H3;4-8,10,15H,9H2,1,3H3;3-7,13,17,21H,8H2,2H3;3-5,7-8,12,16,20H,6H2,2H3;1H4/t15-,19-,28?;11-,16-,27?;10-,15-;13-,17-;12-,16-;/m11111./s1. The molecule has 130 heavy (non-hydrogen) atoms.